The number of carbonyl (C=O) groups excluding carboxylic acids is 1. The summed E-state index contributed by atoms with van der Waals surface area (Å²) in [5.41, 5.74) is 0. The van der Waals surface area contributed by atoms with E-state index in [0.717, 1.165) is 24.4 Å². The van der Waals surface area contributed by atoms with Crippen molar-refractivity contribution in [1.29, 1.82) is 0 Å². The first-order valence-corrected chi connectivity index (χ1v) is 6.57. The molecule has 4 nitrogen and oxygen atoms in total. The average molecular weight is 253 g/mol. The highest BCUT2D eigenvalue weighted by atomic mass is 16.5. The first kappa shape index (κ1) is 14.8. The zero-order chi connectivity index (χ0) is 13.5. The Labute approximate surface area is 109 Å². The molecular weight excluding hydrogens is 230 g/mol. The third-order valence-corrected chi connectivity index (χ3v) is 2.79. The number of esters is 1. The van der Waals surface area contributed by atoms with Gasteiger partial charge in [-0.25, -0.2) is 0 Å². The Morgan fingerprint density at radius 1 is 1.44 bits per heavy atom. The maximum atomic E-state index is 11.8. The summed E-state index contributed by atoms with van der Waals surface area (Å²) in [5, 5.41) is 3.26. The minimum atomic E-state index is -0.268. The summed E-state index contributed by atoms with van der Waals surface area (Å²) in [4.78, 5) is 11.8. The van der Waals surface area contributed by atoms with Gasteiger partial charge in [0.25, 0.3) is 0 Å². The lowest BCUT2D eigenvalue weighted by Crippen LogP contribution is -2.39. The second-order valence-electron chi connectivity index (χ2n) is 4.43. The van der Waals surface area contributed by atoms with Gasteiger partial charge >= 0.3 is 5.97 Å². The highest BCUT2D eigenvalue weighted by molar-refractivity contribution is 5.75. The van der Waals surface area contributed by atoms with E-state index in [9.17, 15) is 4.79 Å². The molecule has 0 amide bonds. The standard InChI is InChI=1S/C14H23NO3/c1-5-7-12(14(16)17-6-2)15-11(4)13-9-8-10(3)18-13/h8-9,11-12,15H,5-7H2,1-4H3. The van der Waals surface area contributed by atoms with Crippen molar-refractivity contribution in [1.82, 2.24) is 5.32 Å². The Hall–Kier alpha value is -1.29. The second kappa shape index (κ2) is 7.21. The molecule has 0 spiro atoms. The fraction of sp³-hybridized carbons (Fsp3) is 0.643. The lowest BCUT2D eigenvalue weighted by atomic mass is 10.1. The highest BCUT2D eigenvalue weighted by Crippen LogP contribution is 2.17. The molecule has 1 aromatic heterocycles. The second-order valence-corrected chi connectivity index (χ2v) is 4.43. The van der Waals surface area contributed by atoms with Crippen molar-refractivity contribution in [2.75, 3.05) is 6.61 Å². The number of nitrogens with one attached hydrogen (secondary N) is 1. The van der Waals surface area contributed by atoms with E-state index in [1.807, 2.05) is 32.9 Å². The van der Waals surface area contributed by atoms with Gasteiger partial charge in [-0.3, -0.25) is 10.1 Å². The van der Waals surface area contributed by atoms with Gasteiger partial charge in [-0.1, -0.05) is 13.3 Å². The van der Waals surface area contributed by atoms with Gasteiger partial charge in [-0.2, -0.15) is 0 Å². The molecule has 4 heteroatoms. The molecule has 102 valence electrons. The quantitative estimate of drug-likeness (QED) is 0.759. The van der Waals surface area contributed by atoms with Crippen LogP contribution in [0.1, 0.15) is 51.2 Å². The van der Waals surface area contributed by atoms with Crippen molar-refractivity contribution < 1.29 is 13.9 Å². The van der Waals surface area contributed by atoms with E-state index in [0.29, 0.717) is 6.61 Å². The normalized spacial score (nSPS) is 14.2. The smallest absolute Gasteiger partial charge is 0.323 e. The highest BCUT2D eigenvalue weighted by Gasteiger charge is 2.22. The Morgan fingerprint density at radius 3 is 2.67 bits per heavy atom. The topological polar surface area (TPSA) is 51.5 Å². The lowest BCUT2D eigenvalue weighted by Gasteiger charge is -2.20. The van der Waals surface area contributed by atoms with E-state index in [4.69, 9.17) is 9.15 Å². The summed E-state index contributed by atoms with van der Waals surface area (Å²) in [6.07, 6.45) is 1.70. The fourth-order valence-corrected chi connectivity index (χ4v) is 1.87. The Morgan fingerprint density at radius 2 is 2.17 bits per heavy atom. The van der Waals surface area contributed by atoms with Gasteiger partial charge in [0.2, 0.25) is 0 Å². The molecule has 0 aromatic carbocycles. The van der Waals surface area contributed by atoms with E-state index in [-0.39, 0.29) is 18.1 Å². The number of carbonyl (C=O) groups is 1. The van der Waals surface area contributed by atoms with Crippen LogP contribution in [0.5, 0.6) is 0 Å². The van der Waals surface area contributed by atoms with E-state index in [2.05, 4.69) is 12.2 Å². The maximum absolute atomic E-state index is 11.8. The Kier molecular flexibility index (Phi) is 5.92. The van der Waals surface area contributed by atoms with Crippen LogP contribution in [0, 0.1) is 6.92 Å². The molecule has 0 aliphatic heterocycles. The fourth-order valence-electron chi connectivity index (χ4n) is 1.87. The van der Waals surface area contributed by atoms with Crippen LogP contribution in [0.4, 0.5) is 0 Å². The van der Waals surface area contributed by atoms with E-state index in [1.54, 1.807) is 0 Å². The van der Waals surface area contributed by atoms with Crippen LogP contribution < -0.4 is 5.32 Å². The largest absolute Gasteiger partial charge is 0.465 e. The molecule has 0 fully saturated rings. The number of hydrogen-bond donors (Lipinski definition) is 1. The molecule has 1 N–H and O–H groups in total. The third-order valence-electron chi connectivity index (χ3n) is 2.79. The van der Waals surface area contributed by atoms with Gasteiger partial charge in [0, 0.05) is 0 Å². The number of furan rings is 1. The number of ether oxygens (including phenoxy) is 1. The van der Waals surface area contributed by atoms with Crippen LogP contribution in [0.15, 0.2) is 16.5 Å². The van der Waals surface area contributed by atoms with Crippen LogP contribution in [-0.2, 0) is 9.53 Å². The van der Waals surface area contributed by atoms with Crippen molar-refractivity contribution >= 4 is 5.97 Å². The summed E-state index contributed by atoms with van der Waals surface area (Å²) in [6.45, 7) is 8.18. The van der Waals surface area contributed by atoms with Crippen LogP contribution >= 0.6 is 0 Å². The summed E-state index contributed by atoms with van der Waals surface area (Å²) < 4.78 is 10.6. The van der Waals surface area contributed by atoms with Crippen LogP contribution in [0.25, 0.3) is 0 Å². The average Bonchev–Trinajstić information content (AvgIpc) is 2.75. The molecule has 0 aliphatic carbocycles. The molecule has 0 aliphatic rings. The monoisotopic (exact) mass is 253 g/mol. The third kappa shape index (κ3) is 4.18. The molecule has 2 unspecified atom stereocenters. The molecule has 1 rings (SSSR count). The Bertz CT molecular complexity index is 373. The molecule has 0 radical (unpaired) electrons. The van der Waals surface area contributed by atoms with Gasteiger partial charge in [0.05, 0.1) is 12.6 Å². The SMILES string of the molecule is CCCC(NC(C)c1ccc(C)o1)C(=O)OCC. The van der Waals surface area contributed by atoms with Crippen molar-refractivity contribution in [3.05, 3.63) is 23.7 Å². The summed E-state index contributed by atoms with van der Waals surface area (Å²) in [5.74, 6) is 1.54. The zero-order valence-electron chi connectivity index (χ0n) is 11.7. The maximum Gasteiger partial charge on any atom is 0.323 e. The van der Waals surface area contributed by atoms with Crippen molar-refractivity contribution in [3.8, 4) is 0 Å². The zero-order valence-corrected chi connectivity index (χ0v) is 11.7. The van der Waals surface area contributed by atoms with Gasteiger partial charge in [0.15, 0.2) is 0 Å². The molecular formula is C14H23NO3. The predicted octanol–water partition coefficient (Wildman–Crippen LogP) is 2.97. The predicted molar refractivity (Wildman–Crippen MR) is 70.3 cm³/mol. The molecule has 1 aromatic rings. The number of hydrogen-bond acceptors (Lipinski definition) is 4. The lowest BCUT2D eigenvalue weighted by molar-refractivity contribution is -0.146. The first-order chi connectivity index (χ1) is 8.58. The van der Waals surface area contributed by atoms with Gasteiger partial charge in [0.1, 0.15) is 17.6 Å². The molecule has 18 heavy (non-hydrogen) atoms. The number of aryl methyl sites for hydroxylation is 1. The van der Waals surface area contributed by atoms with E-state index < -0.39 is 0 Å². The van der Waals surface area contributed by atoms with Crippen LogP contribution in [0.3, 0.4) is 0 Å². The van der Waals surface area contributed by atoms with Gasteiger partial charge in [-0.05, 0) is 39.3 Å². The summed E-state index contributed by atoms with van der Waals surface area (Å²) in [6, 6.07) is 3.59. The first-order valence-electron chi connectivity index (χ1n) is 6.57. The van der Waals surface area contributed by atoms with Crippen molar-refractivity contribution in [3.63, 3.8) is 0 Å². The number of rotatable bonds is 7. The minimum Gasteiger partial charge on any atom is -0.465 e. The molecule has 0 bridgehead atoms. The van der Waals surface area contributed by atoms with Crippen LogP contribution in [0.2, 0.25) is 0 Å². The molecule has 0 saturated carbocycles. The Balaban J connectivity index is 2.62. The minimum absolute atomic E-state index is 0.000318. The van der Waals surface area contributed by atoms with Crippen molar-refractivity contribution in [2.45, 2.75) is 52.6 Å². The van der Waals surface area contributed by atoms with Gasteiger partial charge < -0.3 is 9.15 Å². The van der Waals surface area contributed by atoms with Gasteiger partial charge in [-0.15, -0.1) is 0 Å². The van der Waals surface area contributed by atoms with E-state index >= 15 is 0 Å². The van der Waals surface area contributed by atoms with E-state index in [1.165, 1.54) is 0 Å². The summed E-state index contributed by atoms with van der Waals surface area (Å²) in [7, 11) is 0. The van der Waals surface area contributed by atoms with Crippen molar-refractivity contribution in [2.24, 2.45) is 0 Å². The molecule has 0 saturated heterocycles. The molecule has 1 heterocycles. The van der Waals surface area contributed by atoms with Crippen LogP contribution in [-0.4, -0.2) is 18.6 Å². The summed E-state index contributed by atoms with van der Waals surface area (Å²) >= 11 is 0. The molecule has 2 atom stereocenters.